The molecule has 5 nitrogen and oxygen atoms in total. The molecule has 1 unspecified atom stereocenters. The zero-order valence-corrected chi connectivity index (χ0v) is 17.8. The topological polar surface area (TPSA) is 75.4 Å². The van der Waals surface area contributed by atoms with Crippen molar-refractivity contribution in [2.45, 2.75) is 45.6 Å². The number of carbonyl (C=O) groups excluding carboxylic acids is 2. The third-order valence-electron chi connectivity index (χ3n) is 5.91. The molecular formula is C24H33N3O2. The van der Waals surface area contributed by atoms with E-state index in [0.29, 0.717) is 38.4 Å². The summed E-state index contributed by atoms with van der Waals surface area (Å²) in [6.45, 7) is 7.92. The van der Waals surface area contributed by atoms with Crippen LogP contribution < -0.4 is 11.1 Å². The Morgan fingerprint density at radius 2 is 1.79 bits per heavy atom. The fraction of sp³-hybridized carbons (Fsp3) is 0.500. The van der Waals surface area contributed by atoms with Gasteiger partial charge in [-0.3, -0.25) is 9.59 Å². The number of benzene rings is 2. The number of amides is 2. The van der Waals surface area contributed by atoms with Crippen molar-refractivity contribution >= 4 is 22.6 Å². The normalized spacial score (nSPS) is 17.3. The molecule has 0 spiro atoms. The number of fused-ring (bicyclic) bond motifs is 1. The highest BCUT2D eigenvalue weighted by molar-refractivity contribution is 6.07. The van der Waals surface area contributed by atoms with Crippen molar-refractivity contribution in [2.24, 2.45) is 17.6 Å². The Hall–Kier alpha value is -2.40. The van der Waals surface area contributed by atoms with Crippen molar-refractivity contribution in [3.63, 3.8) is 0 Å². The summed E-state index contributed by atoms with van der Waals surface area (Å²) in [7, 11) is 0. The van der Waals surface area contributed by atoms with Crippen molar-refractivity contribution < 1.29 is 9.59 Å². The summed E-state index contributed by atoms with van der Waals surface area (Å²) >= 11 is 0. The van der Waals surface area contributed by atoms with Crippen LogP contribution in [0, 0.1) is 11.8 Å². The van der Waals surface area contributed by atoms with E-state index in [4.69, 9.17) is 5.73 Å². The van der Waals surface area contributed by atoms with Gasteiger partial charge in [-0.25, -0.2) is 0 Å². The maximum absolute atomic E-state index is 13.1. The van der Waals surface area contributed by atoms with E-state index in [1.807, 2.05) is 54.3 Å². The van der Waals surface area contributed by atoms with Crippen LogP contribution in [0.1, 0.15) is 50.4 Å². The zero-order valence-electron chi connectivity index (χ0n) is 17.8. The first kappa shape index (κ1) is 21.3. The minimum absolute atomic E-state index is 0.0484. The summed E-state index contributed by atoms with van der Waals surface area (Å²) in [5.74, 6) is 0.511. The minimum Gasteiger partial charge on any atom is -0.349 e. The van der Waals surface area contributed by atoms with Crippen LogP contribution in [0.4, 0.5) is 0 Å². The van der Waals surface area contributed by atoms with Crippen LogP contribution in [0.5, 0.6) is 0 Å². The molecule has 5 heteroatoms. The lowest BCUT2D eigenvalue weighted by molar-refractivity contribution is -0.128. The van der Waals surface area contributed by atoms with Gasteiger partial charge in [0.2, 0.25) is 5.91 Å². The molecule has 1 fully saturated rings. The number of nitrogens with zero attached hydrogens (tertiary/aromatic N) is 1. The molecule has 2 amide bonds. The van der Waals surface area contributed by atoms with Crippen molar-refractivity contribution in [2.75, 3.05) is 19.6 Å². The summed E-state index contributed by atoms with van der Waals surface area (Å²) in [6.07, 6.45) is 2.23. The summed E-state index contributed by atoms with van der Waals surface area (Å²) < 4.78 is 0. The highest BCUT2D eigenvalue weighted by Crippen LogP contribution is 2.25. The Bertz CT molecular complexity index is 866. The molecule has 1 atom stereocenters. The summed E-state index contributed by atoms with van der Waals surface area (Å²) in [5.41, 5.74) is 6.30. The van der Waals surface area contributed by atoms with Gasteiger partial charge in [-0.15, -0.1) is 0 Å². The summed E-state index contributed by atoms with van der Waals surface area (Å²) in [4.78, 5) is 27.8. The van der Waals surface area contributed by atoms with Crippen molar-refractivity contribution in [3.05, 3.63) is 48.0 Å². The number of nitrogens with one attached hydrogen (secondary N) is 1. The lowest BCUT2D eigenvalue weighted by Gasteiger charge is -2.36. The van der Waals surface area contributed by atoms with Gasteiger partial charge in [-0.1, -0.05) is 50.2 Å². The number of likely N-dealkylation sites (tertiary alicyclic amines) is 1. The van der Waals surface area contributed by atoms with E-state index in [0.717, 1.165) is 22.8 Å². The molecule has 0 aromatic heterocycles. The molecule has 0 radical (unpaired) electrons. The molecule has 1 aliphatic heterocycles. The smallest absolute Gasteiger partial charge is 0.254 e. The van der Waals surface area contributed by atoms with Gasteiger partial charge in [-0.05, 0) is 48.9 Å². The van der Waals surface area contributed by atoms with Crippen molar-refractivity contribution in [1.29, 1.82) is 0 Å². The van der Waals surface area contributed by atoms with E-state index in [-0.39, 0.29) is 23.3 Å². The average molecular weight is 396 g/mol. The molecule has 0 saturated carbocycles. The highest BCUT2D eigenvalue weighted by Gasteiger charge is 2.32. The predicted octanol–water partition coefficient (Wildman–Crippen LogP) is 3.57. The quantitative estimate of drug-likeness (QED) is 0.785. The Labute approximate surface area is 173 Å². The summed E-state index contributed by atoms with van der Waals surface area (Å²) in [6, 6.07) is 13.8. The lowest BCUT2D eigenvalue weighted by Crippen LogP contribution is -2.55. The third kappa shape index (κ3) is 4.96. The van der Waals surface area contributed by atoms with Gasteiger partial charge >= 0.3 is 0 Å². The standard InChI is InChI=1S/C24H33N3O2/c1-17(2)15-24(3,16-25)26-22(28)19-11-13-27(14-12-19)23(29)21-10-6-8-18-7-4-5-9-20(18)21/h4-10,17,19H,11-16,25H2,1-3H3,(H,26,28). The van der Waals surface area contributed by atoms with Crippen LogP contribution in [-0.2, 0) is 4.79 Å². The van der Waals surface area contributed by atoms with E-state index in [2.05, 4.69) is 19.2 Å². The van der Waals surface area contributed by atoms with E-state index >= 15 is 0 Å². The largest absolute Gasteiger partial charge is 0.349 e. The van der Waals surface area contributed by atoms with Crippen LogP contribution in [0.15, 0.2) is 42.5 Å². The molecule has 3 N–H and O–H groups in total. The third-order valence-corrected chi connectivity index (χ3v) is 5.91. The maximum atomic E-state index is 13.1. The van der Waals surface area contributed by atoms with Gasteiger partial charge in [0.05, 0.1) is 0 Å². The monoisotopic (exact) mass is 395 g/mol. The van der Waals surface area contributed by atoms with Crippen LogP contribution in [0.3, 0.4) is 0 Å². The highest BCUT2D eigenvalue weighted by atomic mass is 16.2. The number of nitrogens with two attached hydrogens (primary N) is 1. The van der Waals surface area contributed by atoms with E-state index in [1.54, 1.807) is 0 Å². The SMILES string of the molecule is CC(C)CC(C)(CN)NC(=O)C1CCN(C(=O)c2cccc3ccccc23)CC1. The van der Waals surface area contributed by atoms with Crippen molar-refractivity contribution in [1.82, 2.24) is 10.2 Å². The van der Waals surface area contributed by atoms with E-state index in [1.165, 1.54) is 0 Å². The number of hydrogen-bond donors (Lipinski definition) is 2. The molecule has 0 aliphatic carbocycles. The van der Waals surface area contributed by atoms with Gasteiger partial charge < -0.3 is 16.0 Å². The lowest BCUT2D eigenvalue weighted by atomic mass is 9.88. The summed E-state index contributed by atoms with van der Waals surface area (Å²) in [5, 5.41) is 5.22. The molecule has 1 saturated heterocycles. The molecule has 156 valence electrons. The van der Waals surface area contributed by atoms with Gasteiger partial charge in [0.25, 0.3) is 5.91 Å². The van der Waals surface area contributed by atoms with Crippen LogP contribution in [-0.4, -0.2) is 41.9 Å². The van der Waals surface area contributed by atoms with Crippen LogP contribution in [0.25, 0.3) is 10.8 Å². The second kappa shape index (κ2) is 8.95. The Morgan fingerprint density at radius 3 is 2.45 bits per heavy atom. The Morgan fingerprint density at radius 1 is 1.14 bits per heavy atom. The first-order valence-electron chi connectivity index (χ1n) is 10.6. The van der Waals surface area contributed by atoms with E-state index < -0.39 is 0 Å². The minimum atomic E-state index is -0.374. The van der Waals surface area contributed by atoms with Crippen LogP contribution in [0.2, 0.25) is 0 Å². The molecule has 2 aromatic carbocycles. The molecule has 3 rings (SSSR count). The second-order valence-electron chi connectivity index (χ2n) is 8.95. The van der Waals surface area contributed by atoms with Gasteiger partial charge in [0.15, 0.2) is 0 Å². The van der Waals surface area contributed by atoms with Crippen LogP contribution >= 0.6 is 0 Å². The Kier molecular flexibility index (Phi) is 6.58. The predicted molar refractivity (Wildman–Crippen MR) is 118 cm³/mol. The van der Waals surface area contributed by atoms with Gasteiger partial charge in [0, 0.05) is 36.7 Å². The molecule has 1 aliphatic rings. The average Bonchev–Trinajstić information content (AvgIpc) is 2.72. The molecule has 29 heavy (non-hydrogen) atoms. The van der Waals surface area contributed by atoms with Crippen molar-refractivity contribution in [3.8, 4) is 0 Å². The number of rotatable bonds is 6. The number of hydrogen-bond acceptors (Lipinski definition) is 3. The molecule has 0 bridgehead atoms. The van der Waals surface area contributed by atoms with Gasteiger partial charge in [0.1, 0.15) is 0 Å². The number of piperidine rings is 1. The van der Waals surface area contributed by atoms with Gasteiger partial charge in [-0.2, -0.15) is 0 Å². The first-order chi connectivity index (χ1) is 13.8. The maximum Gasteiger partial charge on any atom is 0.254 e. The fourth-order valence-electron chi connectivity index (χ4n) is 4.41. The second-order valence-corrected chi connectivity index (χ2v) is 8.95. The molecule has 1 heterocycles. The Balaban J connectivity index is 1.62. The fourth-order valence-corrected chi connectivity index (χ4v) is 4.41. The molecular weight excluding hydrogens is 362 g/mol. The first-order valence-corrected chi connectivity index (χ1v) is 10.6. The molecule has 2 aromatic rings. The van der Waals surface area contributed by atoms with E-state index in [9.17, 15) is 9.59 Å². The number of carbonyl (C=O) groups is 2. The zero-order chi connectivity index (χ0) is 21.0.